The predicted molar refractivity (Wildman–Crippen MR) is 77.8 cm³/mol. The highest BCUT2D eigenvalue weighted by molar-refractivity contribution is 5.00. The van der Waals surface area contributed by atoms with Crippen molar-refractivity contribution >= 4 is 0 Å². The quantitative estimate of drug-likeness (QED) is 0.879. The molecule has 20 heavy (non-hydrogen) atoms. The number of rotatable bonds is 3. The van der Waals surface area contributed by atoms with E-state index in [9.17, 15) is 14.7 Å². The van der Waals surface area contributed by atoms with E-state index in [-0.39, 0.29) is 23.8 Å². The first-order chi connectivity index (χ1) is 9.61. The summed E-state index contributed by atoms with van der Waals surface area (Å²) in [4.78, 5) is 25.6. The number of aromatic amines is 1. The molecule has 0 aliphatic heterocycles. The molecule has 1 heterocycles. The van der Waals surface area contributed by atoms with Gasteiger partial charge in [0.15, 0.2) is 0 Å². The van der Waals surface area contributed by atoms with Gasteiger partial charge >= 0.3 is 5.69 Å². The van der Waals surface area contributed by atoms with E-state index in [1.54, 1.807) is 17.7 Å². The summed E-state index contributed by atoms with van der Waals surface area (Å²) in [5.41, 5.74) is -0.113. The third-order valence-corrected chi connectivity index (χ3v) is 4.42. The van der Waals surface area contributed by atoms with Crippen molar-refractivity contribution in [1.82, 2.24) is 9.55 Å². The largest absolute Gasteiger partial charge is 0.396 e. The highest BCUT2D eigenvalue weighted by atomic mass is 16.3. The second-order valence-corrected chi connectivity index (χ2v) is 5.92. The molecule has 0 aromatic carbocycles. The lowest BCUT2D eigenvalue weighted by atomic mass is 9.82. The Hall–Kier alpha value is -1.36. The summed E-state index contributed by atoms with van der Waals surface area (Å²) in [5, 5.41) is 9.58. The molecule has 1 saturated carbocycles. The molecule has 0 spiro atoms. The third-order valence-electron chi connectivity index (χ3n) is 4.42. The van der Waals surface area contributed by atoms with E-state index in [0.717, 1.165) is 25.7 Å². The normalized spacial score (nSPS) is 24.1. The smallest absolute Gasteiger partial charge is 0.328 e. The summed E-state index contributed by atoms with van der Waals surface area (Å²) in [5.74, 6) is 0.567. The summed E-state index contributed by atoms with van der Waals surface area (Å²) in [7, 11) is 0. The van der Waals surface area contributed by atoms with E-state index in [4.69, 9.17) is 0 Å². The SMILES string of the molecule is Cc1cn(CC2CCCCCCC2CO)c(=O)[nH]c1=O. The lowest BCUT2D eigenvalue weighted by molar-refractivity contribution is 0.136. The monoisotopic (exact) mass is 280 g/mol. The lowest BCUT2D eigenvalue weighted by Crippen LogP contribution is -2.35. The minimum absolute atomic E-state index is 0.182. The molecule has 1 aromatic heterocycles. The molecule has 2 unspecified atom stereocenters. The molecule has 0 bridgehead atoms. The van der Waals surface area contributed by atoms with Crippen LogP contribution in [0.15, 0.2) is 15.8 Å². The number of aromatic nitrogens is 2. The molecule has 112 valence electrons. The van der Waals surface area contributed by atoms with Gasteiger partial charge in [-0.3, -0.25) is 9.78 Å². The summed E-state index contributed by atoms with van der Waals surface area (Å²) >= 11 is 0. The molecule has 5 nitrogen and oxygen atoms in total. The highest BCUT2D eigenvalue weighted by Crippen LogP contribution is 2.28. The topological polar surface area (TPSA) is 75.1 Å². The molecule has 0 amide bonds. The number of H-pyrrole nitrogens is 1. The Morgan fingerprint density at radius 1 is 1.20 bits per heavy atom. The van der Waals surface area contributed by atoms with Gasteiger partial charge in [0, 0.05) is 24.9 Å². The molecule has 5 heteroatoms. The first-order valence-corrected chi connectivity index (χ1v) is 7.53. The Morgan fingerprint density at radius 2 is 1.85 bits per heavy atom. The van der Waals surface area contributed by atoms with Crippen LogP contribution in [0.25, 0.3) is 0 Å². The molecule has 2 rings (SSSR count). The van der Waals surface area contributed by atoms with Crippen LogP contribution in [0.5, 0.6) is 0 Å². The molecular weight excluding hydrogens is 256 g/mol. The van der Waals surface area contributed by atoms with Crippen molar-refractivity contribution in [2.75, 3.05) is 6.61 Å². The number of nitrogens with zero attached hydrogens (tertiary/aromatic N) is 1. The molecule has 0 saturated heterocycles. The van der Waals surface area contributed by atoms with E-state index >= 15 is 0 Å². The first kappa shape index (κ1) is 15.0. The number of aliphatic hydroxyl groups excluding tert-OH is 1. The Morgan fingerprint density at radius 3 is 2.50 bits per heavy atom. The summed E-state index contributed by atoms with van der Waals surface area (Å²) in [6, 6.07) is 0. The maximum Gasteiger partial charge on any atom is 0.328 e. The molecule has 2 N–H and O–H groups in total. The van der Waals surface area contributed by atoms with Gasteiger partial charge in [0.1, 0.15) is 0 Å². The van der Waals surface area contributed by atoms with Crippen LogP contribution in [0.4, 0.5) is 0 Å². The van der Waals surface area contributed by atoms with Crippen LogP contribution in [0.2, 0.25) is 0 Å². The maximum atomic E-state index is 11.9. The van der Waals surface area contributed by atoms with E-state index in [0.29, 0.717) is 18.0 Å². The van der Waals surface area contributed by atoms with Crippen molar-refractivity contribution in [3.63, 3.8) is 0 Å². The molecular formula is C15H24N2O3. The summed E-state index contributed by atoms with van der Waals surface area (Å²) < 4.78 is 1.59. The van der Waals surface area contributed by atoms with E-state index < -0.39 is 0 Å². The van der Waals surface area contributed by atoms with Crippen LogP contribution in [-0.2, 0) is 6.54 Å². The van der Waals surface area contributed by atoms with Crippen molar-refractivity contribution in [2.45, 2.75) is 52.0 Å². The Labute approximate surface area is 118 Å². The number of aryl methyl sites for hydroxylation is 1. The van der Waals surface area contributed by atoms with Crippen LogP contribution in [0.1, 0.15) is 44.1 Å². The minimum Gasteiger partial charge on any atom is -0.396 e. The van der Waals surface area contributed by atoms with Crippen molar-refractivity contribution in [1.29, 1.82) is 0 Å². The molecule has 1 fully saturated rings. The Bertz CT molecular complexity index is 547. The van der Waals surface area contributed by atoms with Crippen LogP contribution < -0.4 is 11.2 Å². The lowest BCUT2D eigenvalue weighted by Gasteiger charge is -2.28. The molecule has 2 atom stereocenters. The zero-order chi connectivity index (χ0) is 14.5. The third kappa shape index (κ3) is 3.60. The van der Waals surface area contributed by atoms with Gasteiger partial charge in [-0.25, -0.2) is 4.79 Å². The van der Waals surface area contributed by atoms with Crippen molar-refractivity contribution in [3.8, 4) is 0 Å². The van der Waals surface area contributed by atoms with Gasteiger partial charge in [-0.2, -0.15) is 0 Å². The zero-order valence-electron chi connectivity index (χ0n) is 12.1. The van der Waals surface area contributed by atoms with E-state index in [1.807, 2.05) is 0 Å². The standard InChI is InChI=1S/C15H24N2O3/c1-11-8-17(15(20)16-14(11)19)9-12-6-4-2-3-5-7-13(12)10-18/h8,12-13,18H,2-7,9-10H2,1H3,(H,16,19,20). The van der Waals surface area contributed by atoms with Crippen LogP contribution in [-0.4, -0.2) is 21.3 Å². The van der Waals surface area contributed by atoms with Crippen LogP contribution in [0, 0.1) is 18.8 Å². The number of hydrogen-bond acceptors (Lipinski definition) is 3. The molecule has 1 aromatic rings. The fourth-order valence-electron chi connectivity index (χ4n) is 3.13. The average Bonchev–Trinajstić information content (AvgIpc) is 2.39. The molecule has 1 aliphatic rings. The molecule has 1 aliphatic carbocycles. The van der Waals surface area contributed by atoms with E-state index in [1.165, 1.54) is 12.8 Å². The predicted octanol–water partition coefficient (Wildman–Crippen LogP) is 1.42. The van der Waals surface area contributed by atoms with Gasteiger partial charge in [-0.05, 0) is 31.6 Å². The second-order valence-electron chi connectivity index (χ2n) is 5.92. The molecule has 0 radical (unpaired) electrons. The zero-order valence-corrected chi connectivity index (χ0v) is 12.1. The van der Waals surface area contributed by atoms with Gasteiger partial charge in [0.2, 0.25) is 0 Å². The fraction of sp³-hybridized carbons (Fsp3) is 0.733. The van der Waals surface area contributed by atoms with Gasteiger partial charge in [0.25, 0.3) is 5.56 Å². The fourth-order valence-corrected chi connectivity index (χ4v) is 3.13. The number of aliphatic hydroxyl groups is 1. The van der Waals surface area contributed by atoms with Gasteiger partial charge in [-0.15, -0.1) is 0 Å². The van der Waals surface area contributed by atoms with Crippen molar-refractivity contribution in [3.05, 3.63) is 32.6 Å². The highest BCUT2D eigenvalue weighted by Gasteiger charge is 2.23. The van der Waals surface area contributed by atoms with Crippen LogP contribution >= 0.6 is 0 Å². The minimum atomic E-state index is -0.348. The van der Waals surface area contributed by atoms with Gasteiger partial charge in [-0.1, -0.05) is 25.7 Å². The maximum absolute atomic E-state index is 11.9. The number of hydrogen-bond donors (Lipinski definition) is 2. The van der Waals surface area contributed by atoms with Gasteiger partial charge in [0.05, 0.1) is 0 Å². The summed E-state index contributed by atoms with van der Waals surface area (Å²) in [6.07, 6.45) is 8.47. The van der Waals surface area contributed by atoms with Crippen molar-refractivity contribution in [2.24, 2.45) is 11.8 Å². The first-order valence-electron chi connectivity index (χ1n) is 7.53. The Kier molecular flexibility index (Phi) is 5.17. The van der Waals surface area contributed by atoms with Crippen molar-refractivity contribution < 1.29 is 5.11 Å². The average molecular weight is 280 g/mol. The van der Waals surface area contributed by atoms with Gasteiger partial charge < -0.3 is 9.67 Å². The number of nitrogens with one attached hydrogen (secondary N) is 1. The second kappa shape index (κ2) is 6.88. The van der Waals surface area contributed by atoms with E-state index in [2.05, 4.69) is 4.98 Å². The Balaban J connectivity index is 2.19. The summed E-state index contributed by atoms with van der Waals surface area (Å²) in [6.45, 7) is 2.47. The van der Waals surface area contributed by atoms with Crippen LogP contribution in [0.3, 0.4) is 0 Å².